The van der Waals surface area contributed by atoms with Crippen LogP contribution in [-0.2, 0) is 4.79 Å². The van der Waals surface area contributed by atoms with Crippen LogP contribution in [0.1, 0.15) is 49.4 Å². The Kier molecular flexibility index (Phi) is 4.82. The Bertz CT molecular complexity index is 1120. The second kappa shape index (κ2) is 7.10. The number of benzene rings is 2. The van der Waals surface area contributed by atoms with E-state index >= 15 is 0 Å². The van der Waals surface area contributed by atoms with E-state index in [1.807, 2.05) is 69.4 Å². The molecule has 2 aromatic carbocycles. The molecule has 2 aromatic rings. The van der Waals surface area contributed by atoms with E-state index in [-0.39, 0.29) is 5.78 Å². The summed E-state index contributed by atoms with van der Waals surface area (Å²) in [7, 11) is 0. The molecule has 2 aliphatic heterocycles. The fraction of sp³-hybridized carbons (Fsp3) is 0.320. The Balaban J connectivity index is 2.03. The number of nitrogens with zero attached hydrogens (tertiary/aromatic N) is 2. The highest BCUT2D eigenvalue weighted by Crippen LogP contribution is 2.52. The van der Waals surface area contributed by atoms with Crippen LogP contribution in [0.25, 0.3) is 6.08 Å². The largest absolute Gasteiger partial charge is 0.292 e. The third-order valence-corrected chi connectivity index (χ3v) is 6.57. The van der Waals surface area contributed by atoms with Crippen LogP contribution in [0.2, 0.25) is 5.02 Å². The molecule has 2 aliphatic rings. The number of rotatable bonds is 2. The normalized spacial score (nSPS) is 26.2. The Morgan fingerprint density at radius 1 is 1.10 bits per heavy atom. The van der Waals surface area contributed by atoms with E-state index in [1.54, 1.807) is 12.1 Å². The smallest absolute Gasteiger partial charge is 0.212 e. The number of ketones is 1. The van der Waals surface area contributed by atoms with Gasteiger partial charge in [-0.1, -0.05) is 68.8 Å². The maximum absolute atomic E-state index is 13.7. The highest BCUT2D eigenvalue weighted by Gasteiger charge is 2.68. The van der Waals surface area contributed by atoms with Crippen LogP contribution in [0.5, 0.6) is 0 Å². The Morgan fingerprint density at radius 2 is 1.80 bits per heavy atom. The van der Waals surface area contributed by atoms with Crippen molar-refractivity contribution in [2.75, 3.05) is 0 Å². The van der Waals surface area contributed by atoms with Gasteiger partial charge in [-0.15, -0.1) is 0 Å². The van der Waals surface area contributed by atoms with Gasteiger partial charge < -0.3 is 0 Å². The molecule has 4 atom stereocenters. The van der Waals surface area contributed by atoms with Crippen molar-refractivity contribution in [2.24, 2.45) is 10.8 Å². The molecule has 0 aromatic heterocycles. The molecule has 1 N–H and O–H groups in total. The van der Waals surface area contributed by atoms with Gasteiger partial charge in [0, 0.05) is 16.0 Å². The molecule has 0 radical (unpaired) electrons. The summed E-state index contributed by atoms with van der Waals surface area (Å²) in [5, 5.41) is 21.4. The van der Waals surface area contributed by atoms with Gasteiger partial charge in [0.2, 0.25) is 5.41 Å². The van der Waals surface area contributed by atoms with Crippen molar-refractivity contribution in [3.63, 3.8) is 0 Å². The highest BCUT2D eigenvalue weighted by molar-refractivity contribution is 6.30. The van der Waals surface area contributed by atoms with Crippen LogP contribution in [0.4, 0.5) is 0 Å². The molecule has 0 amide bonds. The van der Waals surface area contributed by atoms with Gasteiger partial charge in [-0.25, -0.2) is 0 Å². The van der Waals surface area contributed by atoms with Crippen LogP contribution in [0.15, 0.2) is 54.7 Å². The molecule has 1 saturated heterocycles. The molecule has 0 saturated carbocycles. The number of quaternary nitrogens is 1. The monoisotopic (exact) mass is 416 g/mol. The summed E-state index contributed by atoms with van der Waals surface area (Å²) in [6.45, 7) is 5.66. The maximum atomic E-state index is 13.7. The molecular formula is C25H23ClN3O+. The average molecular weight is 417 g/mol. The topological polar surface area (TPSA) is 69.1 Å². The molecular weight excluding hydrogens is 394 g/mol. The van der Waals surface area contributed by atoms with Crippen LogP contribution in [-0.4, -0.2) is 11.8 Å². The lowest BCUT2D eigenvalue weighted by Crippen LogP contribution is -3.12. The molecule has 150 valence electrons. The predicted octanol–water partition coefficient (Wildman–Crippen LogP) is 4.07. The lowest BCUT2D eigenvalue weighted by Gasteiger charge is -2.31. The van der Waals surface area contributed by atoms with Gasteiger partial charge >= 0.3 is 0 Å². The molecule has 1 unspecified atom stereocenters. The molecule has 1 fully saturated rings. The average Bonchev–Trinajstić information content (AvgIpc) is 3.03. The number of Topliss-reactive ketones (excluding diaryl/α,β-unsaturated/α-hetero) is 1. The Hall–Kier alpha value is -2.92. The van der Waals surface area contributed by atoms with E-state index < -0.39 is 28.8 Å². The van der Waals surface area contributed by atoms with E-state index in [1.165, 1.54) is 0 Å². The Labute approximate surface area is 182 Å². The van der Waals surface area contributed by atoms with Gasteiger partial charge in [-0.2, -0.15) is 10.5 Å². The fourth-order valence-electron chi connectivity index (χ4n) is 5.03. The fourth-order valence-corrected chi connectivity index (χ4v) is 5.23. The summed E-state index contributed by atoms with van der Waals surface area (Å²) in [6.07, 6.45) is 3.94. The zero-order chi connectivity index (χ0) is 21.7. The van der Waals surface area contributed by atoms with Crippen molar-refractivity contribution >= 4 is 23.5 Å². The lowest BCUT2D eigenvalue weighted by molar-refractivity contribution is -0.885. The first-order valence-electron chi connectivity index (χ1n) is 10.0. The lowest BCUT2D eigenvalue weighted by atomic mass is 9.66. The molecule has 5 heteroatoms. The molecule has 0 aliphatic carbocycles. The second-order valence-corrected chi connectivity index (χ2v) is 9.55. The number of hydrogen-bond acceptors (Lipinski definition) is 3. The van der Waals surface area contributed by atoms with E-state index in [0.717, 1.165) is 21.6 Å². The van der Waals surface area contributed by atoms with Crippen molar-refractivity contribution in [2.45, 2.75) is 38.8 Å². The minimum absolute atomic E-state index is 0.0314. The zero-order valence-electron chi connectivity index (χ0n) is 17.2. The molecule has 4 rings (SSSR count). The first-order chi connectivity index (χ1) is 14.2. The van der Waals surface area contributed by atoms with Crippen molar-refractivity contribution in [1.82, 2.24) is 0 Å². The predicted molar refractivity (Wildman–Crippen MR) is 115 cm³/mol. The number of carbonyl (C=O) groups excluding carboxylic acids is 1. The van der Waals surface area contributed by atoms with Crippen molar-refractivity contribution in [1.29, 1.82) is 10.5 Å². The number of carbonyl (C=O) groups is 1. The van der Waals surface area contributed by atoms with E-state index in [4.69, 9.17) is 11.6 Å². The zero-order valence-corrected chi connectivity index (χ0v) is 17.9. The third kappa shape index (κ3) is 2.88. The summed E-state index contributed by atoms with van der Waals surface area (Å²) in [5.41, 5.74) is 0.627. The standard InChI is InChI=1S/C25H22ClN3O/c1-24(2,3)23(30)21-20(17-8-6-9-18(26)13-17)25(14-27,15-28)22-19-10-5-4-7-16(19)11-12-29(21)22/h4-13,20-22H,1-3H3/p+1/t20-,21-,22+/m0/s1. The number of fused-ring (bicyclic) bond motifs is 3. The minimum atomic E-state index is -1.41. The highest BCUT2D eigenvalue weighted by atomic mass is 35.5. The van der Waals surface area contributed by atoms with Crippen LogP contribution in [0, 0.1) is 33.5 Å². The molecule has 4 nitrogen and oxygen atoms in total. The van der Waals surface area contributed by atoms with Gasteiger partial charge in [-0.05, 0) is 29.3 Å². The van der Waals surface area contributed by atoms with Gasteiger partial charge in [-0.3, -0.25) is 9.69 Å². The number of nitriles is 2. The number of hydrogen-bond donors (Lipinski definition) is 1. The van der Waals surface area contributed by atoms with E-state index in [0.29, 0.717) is 5.02 Å². The summed E-state index contributed by atoms with van der Waals surface area (Å²) in [4.78, 5) is 14.6. The van der Waals surface area contributed by atoms with Gasteiger partial charge in [0.15, 0.2) is 17.9 Å². The van der Waals surface area contributed by atoms with Crippen LogP contribution < -0.4 is 4.90 Å². The molecule has 0 bridgehead atoms. The number of nitrogens with one attached hydrogen (secondary N) is 1. The summed E-state index contributed by atoms with van der Waals surface area (Å²) in [6, 6.07) is 18.7. The SMILES string of the molecule is CC(C)(C)C(=O)[C@@H]1[C@H](c2cccc(Cl)c2)C(C#N)(C#N)[C@H]2c3ccccc3C=C[NH+]12. The molecule has 0 spiro atoms. The first-order valence-corrected chi connectivity index (χ1v) is 10.4. The van der Waals surface area contributed by atoms with E-state index in [2.05, 4.69) is 12.1 Å². The van der Waals surface area contributed by atoms with Gasteiger partial charge in [0.05, 0.1) is 24.3 Å². The summed E-state index contributed by atoms with van der Waals surface area (Å²) < 4.78 is 0. The van der Waals surface area contributed by atoms with E-state index in [9.17, 15) is 15.3 Å². The van der Waals surface area contributed by atoms with Gasteiger partial charge in [0.25, 0.3) is 0 Å². The second-order valence-electron chi connectivity index (χ2n) is 9.11. The minimum Gasteiger partial charge on any atom is -0.292 e. The molecule has 2 heterocycles. The maximum Gasteiger partial charge on any atom is 0.212 e. The number of halogens is 1. The third-order valence-electron chi connectivity index (χ3n) is 6.33. The first kappa shape index (κ1) is 20.4. The Morgan fingerprint density at radius 3 is 2.43 bits per heavy atom. The molecule has 30 heavy (non-hydrogen) atoms. The van der Waals surface area contributed by atoms with Crippen molar-refractivity contribution in [3.05, 3.63) is 76.4 Å². The van der Waals surface area contributed by atoms with Gasteiger partial charge in [0.1, 0.15) is 0 Å². The van der Waals surface area contributed by atoms with Crippen LogP contribution >= 0.6 is 11.6 Å². The quantitative estimate of drug-likeness (QED) is 0.802. The summed E-state index contributed by atoms with van der Waals surface area (Å²) in [5.74, 6) is -0.572. The summed E-state index contributed by atoms with van der Waals surface area (Å²) >= 11 is 6.28. The van der Waals surface area contributed by atoms with Crippen molar-refractivity contribution in [3.8, 4) is 12.1 Å². The van der Waals surface area contributed by atoms with Crippen LogP contribution in [0.3, 0.4) is 0 Å². The van der Waals surface area contributed by atoms with Crippen molar-refractivity contribution < 1.29 is 9.69 Å².